The van der Waals surface area contributed by atoms with Gasteiger partial charge in [0.1, 0.15) is 0 Å². The highest BCUT2D eigenvalue weighted by molar-refractivity contribution is 5.96. The van der Waals surface area contributed by atoms with Crippen molar-refractivity contribution in [1.82, 2.24) is 9.80 Å². The van der Waals surface area contributed by atoms with Gasteiger partial charge in [0.15, 0.2) is 0 Å². The summed E-state index contributed by atoms with van der Waals surface area (Å²) in [7, 11) is 0. The summed E-state index contributed by atoms with van der Waals surface area (Å²) in [6, 6.07) is 4.84. The minimum atomic E-state index is -4.56. The van der Waals surface area contributed by atoms with E-state index in [0.29, 0.717) is 39.3 Å². The van der Waals surface area contributed by atoms with Gasteiger partial charge in [-0.25, -0.2) is 0 Å². The van der Waals surface area contributed by atoms with Crippen LogP contribution in [0.5, 0.6) is 0 Å². The molecule has 2 rings (SSSR count). The number of piperazine rings is 1. The minimum Gasteiger partial charge on any atom is -0.389 e. The molecule has 1 N–H and O–H groups in total. The summed E-state index contributed by atoms with van der Waals surface area (Å²) in [6.07, 6.45) is -5.18. The zero-order valence-electron chi connectivity index (χ0n) is 14.1. The van der Waals surface area contributed by atoms with Crippen molar-refractivity contribution >= 4 is 5.91 Å². The van der Waals surface area contributed by atoms with Gasteiger partial charge in [0.05, 0.1) is 23.8 Å². The summed E-state index contributed by atoms with van der Waals surface area (Å²) in [5, 5.41) is 9.84. The third-order valence-corrected chi connectivity index (χ3v) is 4.11. The van der Waals surface area contributed by atoms with E-state index < -0.39 is 23.8 Å². The van der Waals surface area contributed by atoms with Gasteiger partial charge in [-0.2, -0.15) is 13.2 Å². The van der Waals surface area contributed by atoms with Gasteiger partial charge in [0.2, 0.25) is 0 Å². The topological polar surface area (TPSA) is 53.0 Å². The highest BCUT2D eigenvalue weighted by Gasteiger charge is 2.36. The van der Waals surface area contributed by atoms with E-state index in [0.717, 1.165) is 6.07 Å². The molecule has 140 valence electrons. The molecule has 0 radical (unpaired) electrons. The van der Waals surface area contributed by atoms with Crippen molar-refractivity contribution in [1.29, 1.82) is 0 Å². The molecule has 0 saturated carbocycles. The van der Waals surface area contributed by atoms with Crippen LogP contribution in [0, 0.1) is 0 Å². The number of aliphatic hydroxyl groups is 1. The Morgan fingerprint density at radius 1 is 1.24 bits per heavy atom. The van der Waals surface area contributed by atoms with Crippen LogP contribution in [0.25, 0.3) is 0 Å². The first-order valence-corrected chi connectivity index (χ1v) is 8.26. The van der Waals surface area contributed by atoms with Crippen LogP contribution in [0.15, 0.2) is 24.3 Å². The zero-order valence-corrected chi connectivity index (χ0v) is 14.1. The normalized spacial score (nSPS) is 17.6. The lowest BCUT2D eigenvalue weighted by Gasteiger charge is -2.36. The molecule has 1 fully saturated rings. The molecule has 1 aromatic rings. The predicted octanol–water partition coefficient (Wildman–Crippen LogP) is 1.86. The van der Waals surface area contributed by atoms with Crippen molar-refractivity contribution in [3.05, 3.63) is 35.4 Å². The second kappa shape index (κ2) is 8.64. The molecule has 1 saturated heterocycles. The number of hydrogen-bond donors (Lipinski definition) is 1. The first-order chi connectivity index (χ1) is 11.8. The molecule has 1 unspecified atom stereocenters. The Hall–Kier alpha value is -1.64. The SMILES string of the molecule is CCOCC(O)CN1CCN(C(=O)c2ccccc2C(F)(F)F)CC1. The standard InChI is InChI=1S/C17H23F3N2O3/c1-2-25-12-13(23)11-21-7-9-22(10-8-21)16(24)14-5-3-4-6-15(14)17(18,19)20/h3-6,13,23H,2,7-12H2,1H3. The molecular weight excluding hydrogens is 337 g/mol. The monoisotopic (exact) mass is 360 g/mol. The largest absolute Gasteiger partial charge is 0.417 e. The third kappa shape index (κ3) is 5.42. The number of benzene rings is 1. The second-order valence-electron chi connectivity index (χ2n) is 5.95. The fourth-order valence-corrected chi connectivity index (χ4v) is 2.83. The average Bonchev–Trinajstić information content (AvgIpc) is 2.59. The molecule has 5 nitrogen and oxygen atoms in total. The van der Waals surface area contributed by atoms with Gasteiger partial charge in [-0.15, -0.1) is 0 Å². The maximum atomic E-state index is 13.1. The Morgan fingerprint density at radius 2 is 1.88 bits per heavy atom. The van der Waals surface area contributed by atoms with Gasteiger partial charge in [-0.1, -0.05) is 12.1 Å². The number of ether oxygens (including phenoxy) is 1. The van der Waals surface area contributed by atoms with Crippen molar-refractivity contribution < 1.29 is 27.8 Å². The number of rotatable bonds is 6. The van der Waals surface area contributed by atoms with Crippen LogP contribution < -0.4 is 0 Å². The van der Waals surface area contributed by atoms with Crippen LogP contribution in [0.4, 0.5) is 13.2 Å². The van der Waals surface area contributed by atoms with Crippen LogP contribution in [0.1, 0.15) is 22.8 Å². The first-order valence-electron chi connectivity index (χ1n) is 8.26. The summed E-state index contributed by atoms with van der Waals surface area (Å²) in [6.45, 7) is 4.69. The van der Waals surface area contributed by atoms with E-state index in [1.54, 1.807) is 0 Å². The minimum absolute atomic E-state index is 0.245. The van der Waals surface area contributed by atoms with E-state index in [9.17, 15) is 23.1 Å². The van der Waals surface area contributed by atoms with Gasteiger partial charge >= 0.3 is 6.18 Å². The highest BCUT2D eigenvalue weighted by atomic mass is 19.4. The maximum Gasteiger partial charge on any atom is 0.417 e. The quantitative estimate of drug-likeness (QED) is 0.841. The van der Waals surface area contributed by atoms with E-state index in [2.05, 4.69) is 0 Å². The van der Waals surface area contributed by atoms with E-state index in [1.807, 2.05) is 11.8 Å². The van der Waals surface area contributed by atoms with Crippen molar-refractivity contribution in [3.63, 3.8) is 0 Å². The number of carbonyl (C=O) groups excluding carboxylic acids is 1. The van der Waals surface area contributed by atoms with Crippen LogP contribution >= 0.6 is 0 Å². The number of β-amino-alcohol motifs (C(OH)–C–C–N with tert-alkyl or cyclic N) is 1. The molecule has 1 aliphatic heterocycles. The van der Waals surface area contributed by atoms with E-state index >= 15 is 0 Å². The smallest absolute Gasteiger partial charge is 0.389 e. The van der Waals surface area contributed by atoms with Crippen molar-refractivity contribution in [2.75, 3.05) is 45.9 Å². The molecule has 8 heteroatoms. The molecule has 1 aliphatic rings. The van der Waals surface area contributed by atoms with E-state index in [-0.39, 0.29) is 12.2 Å². The predicted molar refractivity (Wildman–Crippen MR) is 86.3 cm³/mol. The molecule has 1 aromatic carbocycles. The Kier molecular flexibility index (Phi) is 6.80. The third-order valence-electron chi connectivity index (χ3n) is 4.11. The number of aliphatic hydroxyl groups excluding tert-OH is 1. The summed E-state index contributed by atoms with van der Waals surface area (Å²) >= 11 is 0. The fraction of sp³-hybridized carbons (Fsp3) is 0.588. The second-order valence-corrected chi connectivity index (χ2v) is 5.95. The molecule has 1 amide bonds. The highest BCUT2D eigenvalue weighted by Crippen LogP contribution is 2.32. The number of amides is 1. The molecule has 0 aliphatic carbocycles. The number of alkyl halides is 3. The Balaban J connectivity index is 1.94. The van der Waals surface area contributed by atoms with Crippen LogP contribution in [0.3, 0.4) is 0 Å². The Morgan fingerprint density at radius 3 is 2.48 bits per heavy atom. The van der Waals surface area contributed by atoms with Crippen molar-refractivity contribution in [3.8, 4) is 0 Å². The van der Waals surface area contributed by atoms with E-state index in [4.69, 9.17) is 4.74 Å². The fourth-order valence-electron chi connectivity index (χ4n) is 2.83. The zero-order chi connectivity index (χ0) is 18.4. The van der Waals surface area contributed by atoms with Crippen LogP contribution in [0.2, 0.25) is 0 Å². The van der Waals surface area contributed by atoms with Crippen molar-refractivity contribution in [2.24, 2.45) is 0 Å². The average molecular weight is 360 g/mol. The Bertz CT molecular complexity index is 573. The van der Waals surface area contributed by atoms with Gasteiger partial charge in [0, 0.05) is 39.3 Å². The van der Waals surface area contributed by atoms with Crippen molar-refractivity contribution in [2.45, 2.75) is 19.2 Å². The molecule has 25 heavy (non-hydrogen) atoms. The van der Waals surface area contributed by atoms with Gasteiger partial charge in [0.25, 0.3) is 5.91 Å². The number of hydrogen-bond acceptors (Lipinski definition) is 4. The Labute approximate surface area is 145 Å². The lowest BCUT2D eigenvalue weighted by molar-refractivity contribution is -0.138. The van der Waals surface area contributed by atoms with Crippen LogP contribution in [-0.4, -0.2) is 72.9 Å². The summed E-state index contributed by atoms with van der Waals surface area (Å²) < 4.78 is 44.3. The number of nitrogens with zero attached hydrogens (tertiary/aromatic N) is 2. The lowest BCUT2D eigenvalue weighted by Crippen LogP contribution is -2.51. The number of carbonyl (C=O) groups is 1. The molecule has 1 atom stereocenters. The lowest BCUT2D eigenvalue weighted by atomic mass is 10.1. The summed E-state index contributed by atoms with van der Waals surface area (Å²) in [4.78, 5) is 15.9. The van der Waals surface area contributed by atoms with Gasteiger partial charge in [-0.3, -0.25) is 9.69 Å². The summed E-state index contributed by atoms with van der Waals surface area (Å²) in [5.41, 5.74) is -1.23. The maximum absolute atomic E-state index is 13.1. The molecule has 0 aromatic heterocycles. The molecule has 0 bridgehead atoms. The summed E-state index contributed by atoms with van der Waals surface area (Å²) in [5.74, 6) is -0.609. The molecular formula is C17H23F3N2O3. The molecule has 1 heterocycles. The van der Waals surface area contributed by atoms with Crippen LogP contribution in [-0.2, 0) is 10.9 Å². The van der Waals surface area contributed by atoms with Gasteiger partial charge in [-0.05, 0) is 19.1 Å². The first kappa shape index (κ1) is 19.7. The molecule has 0 spiro atoms. The van der Waals surface area contributed by atoms with E-state index in [1.165, 1.54) is 23.1 Å². The number of halogens is 3. The van der Waals surface area contributed by atoms with Gasteiger partial charge < -0.3 is 14.7 Å².